The molecule has 0 fully saturated rings. The summed E-state index contributed by atoms with van der Waals surface area (Å²) >= 11 is 0. The van der Waals surface area contributed by atoms with E-state index in [2.05, 4.69) is 36.1 Å². The van der Waals surface area contributed by atoms with Gasteiger partial charge in [-0.05, 0) is 21.9 Å². The van der Waals surface area contributed by atoms with Gasteiger partial charge in [-0.25, -0.2) is 0 Å². The van der Waals surface area contributed by atoms with Crippen molar-refractivity contribution in [2.24, 2.45) is 0 Å². The molecule has 2 aromatic carbocycles. The summed E-state index contributed by atoms with van der Waals surface area (Å²) in [6.45, 7) is 0. The molecule has 0 saturated carbocycles. The van der Waals surface area contributed by atoms with E-state index in [0.717, 1.165) is 0 Å². The third-order valence-electron chi connectivity index (χ3n) is 2.71. The Bertz CT molecular complexity index is 591. The Morgan fingerprint density at radius 2 is 1.62 bits per heavy atom. The van der Waals surface area contributed by atoms with Crippen LogP contribution in [0.5, 0.6) is 0 Å². The van der Waals surface area contributed by atoms with Crippen molar-refractivity contribution in [1.29, 1.82) is 0 Å². The molecule has 0 aliphatic rings. The molecule has 2 rings (SSSR count). The lowest BCUT2D eigenvalue weighted by atomic mass is 9.95. The van der Waals surface area contributed by atoms with Crippen LogP contribution in [0.4, 0.5) is 0 Å². The number of benzene rings is 2. The van der Waals surface area contributed by atoms with Gasteiger partial charge in [-0.3, -0.25) is 0 Å². The summed E-state index contributed by atoms with van der Waals surface area (Å²) in [5, 5.41) is 2.43. The second-order valence-corrected chi connectivity index (χ2v) is 3.69. The monoisotopic (exact) mass is 204 g/mol. The Morgan fingerprint density at radius 1 is 0.875 bits per heavy atom. The molecule has 0 unspecified atom stereocenters. The van der Waals surface area contributed by atoms with Gasteiger partial charge >= 0.3 is 0 Å². The first-order valence-electron chi connectivity index (χ1n) is 5.23. The summed E-state index contributed by atoms with van der Waals surface area (Å²) in [5.74, 6) is 5.39. The minimum atomic E-state index is 0.637. The highest BCUT2D eigenvalue weighted by atomic mass is 14.1. The molecule has 0 heteroatoms. The SMILES string of the molecule is C#CCc1ccc2ccccc2c1CC#C. The molecule has 0 aromatic heterocycles. The Balaban J connectivity index is 2.70. The molecular weight excluding hydrogens is 192 g/mol. The topological polar surface area (TPSA) is 0 Å². The lowest BCUT2D eigenvalue weighted by Crippen LogP contribution is -1.94. The molecule has 0 radical (unpaired) electrons. The van der Waals surface area contributed by atoms with Crippen LogP contribution in [0.2, 0.25) is 0 Å². The van der Waals surface area contributed by atoms with Gasteiger partial charge in [0.15, 0.2) is 0 Å². The fourth-order valence-corrected chi connectivity index (χ4v) is 1.97. The standard InChI is InChI=1S/C16H12/c1-3-7-13-11-12-14-9-5-6-10-16(14)15(13)8-4-2/h1-2,5-6,9-12H,7-8H2. The molecule has 0 heterocycles. The van der Waals surface area contributed by atoms with Crippen LogP contribution < -0.4 is 0 Å². The van der Waals surface area contributed by atoms with Gasteiger partial charge in [0.1, 0.15) is 0 Å². The summed E-state index contributed by atoms with van der Waals surface area (Å²) < 4.78 is 0. The summed E-state index contributed by atoms with van der Waals surface area (Å²) in [7, 11) is 0. The maximum Gasteiger partial charge on any atom is 0.0346 e. The minimum Gasteiger partial charge on any atom is -0.120 e. The minimum absolute atomic E-state index is 0.637. The average molecular weight is 204 g/mol. The van der Waals surface area contributed by atoms with Crippen LogP contribution >= 0.6 is 0 Å². The van der Waals surface area contributed by atoms with Gasteiger partial charge in [-0.15, -0.1) is 24.7 Å². The van der Waals surface area contributed by atoms with Crippen molar-refractivity contribution in [2.75, 3.05) is 0 Å². The molecular formula is C16H12. The number of hydrogen-bond donors (Lipinski definition) is 0. The van der Waals surface area contributed by atoms with Crippen LogP contribution in [0.3, 0.4) is 0 Å². The molecule has 0 aliphatic carbocycles. The van der Waals surface area contributed by atoms with Gasteiger partial charge < -0.3 is 0 Å². The summed E-state index contributed by atoms with van der Waals surface area (Å²) in [6.07, 6.45) is 12.1. The zero-order valence-electron chi connectivity index (χ0n) is 9.03. The van der Waals surface area contributed by atoms with Crippen molar-refractivity contribution < 1.29 is 0 Å². The third kappa shape index (κ3) is 1.79. The lowest BCUT2D eigenvalue weighted by Gasteiger charge is -2.08. The largest absolute Gasteiger partial charge is 0.120 e. The summed E-state index contributed by atoms with van der Waals surface area (Å²) in [4.78, 5) is 0. The van der Waals surface area contributed by atoms with E-state index in [1.807, 2.05) is 12.1 Å². The smallest absolute Gasteiger partial charge is 0.0346 e. The van der Waals surface area contributed by atoms with E-state index in [0.29, 0.717) is 12.8 Å². The number of terminal acetylenes is 2. The lowest BCUT2D eigenvalue weighted by molar-refractivity contribution is 1.22. The molecule has 0 atom stereocenters. The summed E-state index contributed by atoms with van der Waals surface area (Å²) in [5.41, 5.74) is 2.36. The van der Waals surface area contributed by atoms with Gasteiger partial charge in [0.2, 0.25) is 0 Å². The highest BCUT2D eigenvalue weighted by Gasteiger charge is 2.05. The Morgan fingerprint density at radius 3 is 2.38 bits per heavy atom. The second-order valence-electron chi connectivity index (χ2n) is 3.69. The Labute approximate surface area is 96.3 Å². The molecule has 0 saturated heterocycles. The van der Waals surface area contributed by atoms with E-state index in [-0.39, 0.29) is 0 Å². The quantitative estimate of drug-likeness (QED) is 0.659. The van der Waals surface area contributed by atoms with Gasteiger partial charge in [0, 0.05) is 12.8 Å². The van der Waals surface area contributed by atoms with Crippen molar-refractivity contribution in [2.45, 2.75) is 12.8 Å². The molecule has 16 heavy (non-hydrogen) atoms. The summed E-state index contributed by atoms with van der Waals surface area (Å²) in [6, 6.07) is 12.4. The van der Waals surface area contributed by atoms with Crippen molar-refractivity contribution in [3.05, 3.63) is 47.5 Å². The molecule has 0 bridgehead atoms. The van der Waals surface area contributed by atoms with Gasteiger partial charge in [0.05, 0.1) is 0 Å². The Kier molecular flexibility index (Phi) is 2.95. The van der Waals surface area contributed by atoms with Crippen LogP contribution in [0.25, 0.3) is 10.8 Å². The van der Waals surface area contributed by atoms with Crippen molar-refractivity contribution in [3.63, 3.8) is 0 Å². The van der Waals surface area contributed by atoms with Crippen LogP contribution in [-0.2, 0) is 12.8 Å². The zero-order valence-corrected chi connectivity index (χ0v) is 9.03. The van der Waals surface area contributed by atoms with Crippen molar-refractivity contribution in [1.82, 2.24) is 0 Å². The van der Waals surface area contributed by atoms with Crippen molar-refractivity contribution >= 4 is 10.8 Å². The number of hydrogen-bond acceptors (Lipinski definition) is 0. The van der Waals surface area contributed by atoms with Gasteiger partial charge in [-0.2, -0.15) is 0 Å². The van der Waals surface area contributed by atoms with Gasteiger partial charge in [0.25, 0.3) is 0 Å². The molecule has 2 aromatic rings. The fourth-order valence-electron chi connectivity index (χ4n) is 1.97. The Hall–Kier alpha value is -2.18. The predicted octanol–water partition coefficient (Wildman–Crippen LogP) is 3.19. The molecule has 0 nitrogen and oxygen atoms in total. The first-order chi connectivity index (χ1) is 7.86. The van der Waals surface area contributed by atoms with Crippen LogP contribution in [0.15, 0.2) is 36.4 Å². The third-order valence-corrected chi connectivity index (χ3v) is 2.71. The highest BCUT2D eigenvalue weighted by Crippen LogP contribution is 2.23. The fraction of sp³-hybridized carbons (Fsp3) is 0.125. The first-order valence-corrected chi connectivity index (χ1v) is 5.23. The molecule has 0 amide bonds. The van der Waals surface area contributed by atoms with Crippen molar-refractivity contribution in [3.8, 4) is 24.7 Å². The van der Waals surface area contributed by atoms with E-state index in [1.165, 1.54) is 21.9 Å². The van der Waals surface area contributed by atoms with E-state index in [1.54, 1.807) is 0 Å². The highest BCUT2D eigenvalue weighted by molar-refractivity contribution is 5.87. The number of fused-ring (bicyclic) bond motifs is 1. The van der Waals surface area contributed by atoms with Crippen LogP contribution in [0, 0.1) is 24.7 Å². The molecule has 0 N–H and O–H groups in total. The second kappa shape index (κ2) is 4.56. The normalized spacial score (nSPS) is 9.62. The average Bonchev–Trinajstić information content (AvgIpc) is 2.32. The maximum absolute atomic E-state index is 5.41. The first kappa shape index (κ1) is 10.3. The molecule has 0 aliphatic heterocycles. The van der Waals surface area contributed by atoms with Crippen LogP contribution in [0.1, 0.15) is 11.1 Å². The maximum atomic E-state index is 5.41. The van der Waals surface area contributed by atoms with E-state index in [9.17, 15) is 0 Å². The van der Waals surface area contributed by atoms with Gasteiger partial charge in [-0.1, -0.05) is 36.4 Å². The number of rotatable bonds is 2. The van der Waals surface area contributed by atoms with E-state index in [4.69, 9.17) is 12.8 Å². The van der Waals surface area contributed by atoms with Crippen LogP contribution in [-0.4, -0.2) is 0 Å². The van der Waals surface area contributed by atoms with E-state index >= 15 is 0 Å². The molecule has 0 spiro atoms. The van der Waals surface area contributed by atoms with E-state index < -0.39 is 0 Å². The molecule has 76 valence electrons. The predicted molar refractivity (Wildman–Crippen MR) is 69.0 cm³/mol. The zero-order chi connectivity index (χ0) is 11.4.